The van der Waals surface area contributed by atoms with Crippen LogP contribution in [0, 0.1) is 0 Å². The molecule has 0 saturated carbocycles. The van der Waals surface area contributed by atoms with E-state index in [9.17, 15) is 13.2 Å². The zero-order valence-electron chi connectivity index (χ0n) is 15.0. The largest absolute Gasteiger partial charge is 0.339 e. The Hall–Kier alpha value is -2.25. The highest BCUT2D eigenvalue weighted by Crippen LogP contribution is 2.34. The standard InChI is InChI=1S/C20H20N2O3S2/c1-27(24,25)16-8-6-15(7-9-16)20(23)22-12-10-14(11-13-22)19-21-17-4-2-3-5-18(17)26-19/h2-9,14H,10-13H2,1H3. The van der Waals surface area contributed by atoms with Crippen LogP contribution in [0.5, 0.6) is 0 Å². The van der Waals surface area contributed by atoms with Crippen LogP contribution in [0.3, 0.4) is 0 Å². The predicted octanol–water partition coefficient (Wildman–Crippen LogP) is 3.72. The molecule has 0 N–H and O–H groups in total. The number of amides is 1. The lowest BCUT2D eigenvalue weighted by atomic mass is 9.97. The summed E-state index contributed by atoms with van der Waals surface area (Å²) < 4.78 is 24.3. The molecule has 1 fully saturated rings. The van der Waals surface area contributed by atoms with Gasteiger partial charge in [-0.25, -0.2) is 13.4 Å². The van der Waals surface area contributed by atoms with E-state index in [4.69, 9.17) is 4.98 Å². The van der Waals surface area contributed by atoms with Crippen LogP contribution in [0.15, 0.2) is 53.4 Å². The van der Waals surface area contributed by atoms with Gasteiger partial charge >= 0.3 is 0 Å². The number of benzene rings is 2. The minimum absolute atomic E-state index is 0.0437. The summed E-state index contributed by atoms with van der Waals surface area (Å²) in [7, 11) is -3.25. The smallest absolute Gasteiger partial charge is 0.253 e. The minimum Gasteiger partial charge on any atom is -0.339 e. The third kappa shape index (κ3) is 3.75. The summed E-state index contributed by atoms with van der Waals surface area (Å²) in [4.78, 5) is 19.5. The molecule has 5 nitrogen and oxygen atoms in total. The van der Waals surface area contributed by atoms with Crippen LogP contribution in [0.1, 0.15) is 34.1 Å². The molecule has 140 valence electrons. The maximum atomic E-state index is 12.7. The zero-order chi connectivity index (χ0) is 19.0. The Balaban J connectivity index is 1.43. The van der Waals surface area contributed by atoms with Crippen molar-refractivity contribution in [2.24, 2.45) is 0 Å². The van der Waals surface area contributed by atoms with Gasteiger partial charge in [-0.15, -0.1) is 11.3 Å². The molecule has 0 aliphatic carbocycles. The van der Waals surface area contributed by atoms with Gasteiger partial charge in [-0.3, -0.25) is 4.79 Å². The van der Waals surface area contributed by atoms with Crippen LogP contribution in [0.25, 0.3) is 10.2 Å². The maximum Gasteiger partial charge on any atom is 0.253 e. The molecule has 1 saturated heterocycles. The fourth-order valence-electron chi connectivity index (χ4n) is 3.42. The monoisotopic (exact) mass is 400 g/mol. The Morgan fingerprint density at radius 3 is 2.37 bits per heavy atom. The highest BCUT2D eigenvalue weighted by molar-refractivity contribution is 7.90. The van der Waals surface area contributed by atoms with Crippen molar-refractivity contribution in [2.75, 3.05) is 19.3 Å². The van der Waals surface area contributed by atoms with Gasteiger partial charge in [-0.05, 0) is 49.2 Å². The number of hydrogen-bond donors (Lipinski definition) is 0. The molecule has 0 spiro atoms. The van der Waals surface area contributed by atoms with E-state index in [2.05, 4.69) is 6.07 Å². The molecule has 1 aliphatic heterocycles. The summed E-state index contributed by atoms with van der Waals surface area (Å²) >= 11 is 1.74. The zero-order valence-corrected chi connectivity index (χ0v) is 16.6. The van der Waals surface area contributed by atoms with Crippen molar-refractivity contribution in [3.05, 3.63) is 59.1 Å². The molecule has 1 aromatic heterocycles. The normalized spacial score (nSPS) is 16.0. The molecule has 7 heteroatoms. The number of piperidine rings is 1. The topological polar surface area (TPSA) is 67.3 Å². The molecule has 27 heavy (non-hydrogen) atoms. The van der Waals surface area contributed by atoms with Crippen molar-refractivity contribution in [3.8, 4) is 0 Å². The Morgan fingerprint density at radius 1 is 1.07 bits per heavy atom. The van der Waals surface area contributed by atoms with Gasteiger partial charge in [0.2, 0.25) is 0 Å². The molecule has 2 aromatic carbocycles. The highest BCUT2D eigenvalue weighted by atomic mass is 32.2. The van der Waals surface area contributed by atoms with Crippen molar-refractivity contribution in [2.45, 2.75) is 23.7 Å². The molecule has 2 heterocycles. The van der Waals surface area contributed by atoms with Gasteiger partial charge in [-0.2, -0.15) is 0 Å². The van der Waals surface area contributed by atoms with Gasteiger partial charge in [0.05, 0.1) is 20.1 Å². The second-order valence-electron chi connectivity index (χ2n) is 6.88. The molecular formula is C20H20N2O3S2. The first-order chi connectivity index (χ1) is 12.9. The molecule has 4 rings (SSSR count). The summed E-state index contributed by atoms with van der Waals surface area (Å²) in [6, 6.07) is 14.3. The van der Waals surface area contributed by atoms with E-state index in [1.807, 2.05) is 23.1 Å². The Bertz CT molecular complexity index is 1050. The number of nitrogens with zero attached hydrogens (tertiary/aromatic N) is 2. The lowest BCUT2D eigenvalue weighted by molar-refractivity contribution is 0.0713. The Kier molecular flexibility index (Phi) is 4.74. The van der Waals surface area contributed by atoms with Crippen LogP contribution in [0.4, 0.5) is 0 Å². The number of rotatable bonds is 3. The van der Waals surface area contributed by atoms with Crippen molar-refractivity contribution in [1.82, 2.24) is 9.88 Å². The number of aromatic nitrogens is 1. The lowest BCUT2D eigenvalue weighted by Gasteiger charge is -2.31. The number of carbonyl (C=O) groups is 1. The second kappa shape index (κ2) is 7.05. The molecular weight excluding hydrogens is 380 g/mol. The summed E-state index contributed by atoms with van der Waals surface area (Å²) in [5.74, 6) is 0.344. The third-order valence-corrected chi connectivity index (χ3v) is 7.30. The lowest BCUT2D eigenvalue weighted by Crippen LogP contribution is -2.37. The molecule has 3 aromatic rings. The minimum atomic E-state index is -3.25. The predicted molar refractivity (Wildman–Crippen MR) is 107 cm³/mol. The van der Waals surface area contributed by atoms with E-state index in [0.717, 1.165) is 29.6 Å². The number of carbonyl (C=O) groups excluding carboxylic acids is 1. The summed E-state index contributed by atoms with van der Waals surface area (Å²) in [6.45, 7) is 1.38. The second-order valence-corrected chi connectivity index (χ2v) is 9.96. The molecule has 1 aliphatic rings. The molecule has 0 unspecified atom stereocenters. The summed E-state index contributed by atoms with van der Waals surface area (Å²) in [5.41, 5.74) is 1.57. The van der Waals surface area contributed by atoms with Gasteiger partial charge in [0.1, 0.15) is 0 Å². The fourth-order valence-corrected chi connectivity index (χ4v) is 5.19. The highest BCUT2D eigenvalue weighted by Gasteiger charge is 2.26. The van der Waals surface area contributed by atoms with Gasteiger partial charge in [0.15, 0.2) is 9.84 Å². The van der Waals surface area contributed by atoms with Crippen molar-refractivity contribution < 1.29 is 13.2 Å². The van der Waals surface area contributed by atoms with E-state index >= 15 is 0 Å². The van der Waals surface area contributed by atoms with E-state index in [0.29, 0.717) is 24.6 Å². The van der Waals surface area contributed by atoms with E-state index in [-0.39, 0.29) is 10.8 Å². The average Bonchev–Trinajstić information content (AvgIpc) is 3.11. The third-order valence-electron chi connectivity index (χ3n) is 4.97. The Labute approximate surface area is 162 Å². The molecule has 1 amide bonds. The number of sulfone groups is 1. The SMILES string of the molecule is CS(=O)(=O)c1ccc(C(=O)N2CCC(c3nc4ccccc4s3)CC2)cc1. The van der Waals surface area contributed by atoms with Gasteiger partial charge in [-0.1, -0.05) is 12.1 Å². The number of fused-ring (bicyclic) bond motifs is 1. The number of thiazole rings is 1. The molecule has 0 atom stereocenters. The molecule has 0 radical (unpaired) electrons. The van der Waals surface area contributed by atoms with E-state index in [1.165, 1.54) is 16.8 Å². The van der Waals surface area contributed by atoms with E-state index < -0.39 is 9.84 Å². The van der Waals surface area contributed by atoms with Gasteiger partial charge < -0.3 is 4.90 Å². The quantitative estimate of drug-likeness (QED) is 0.672. The van der Waals surface area contributed by atoms with Crippen LogP contribution in [-0.2, 0) is 9.84 Å². The fraction of sp³-hybridized carbons (Fsp3) is 0.300. The first-order valence-electron chi connectivity index (χ1n) is 8.87. The number of hydrogen-bond acceptors (Lipinski definition) is 5. The Morgan fingerprint density at radius 2 is 1.74 bits per heavy atom. The number of para-hydroxylation sites is 1. The van der Waals surface area contributed by atoms with E-state index in [1.54, 1.807) is 23.5 Å². The van der Waals surface area contributed by atoms with Crippen molar-refractivity contribution in [3.63, 3.8) is 0 Å². The van der Waals surface area contributed by atoms with Crippen molar-refractivity contribution in [1.29, 1.82) is 0 Å². The van der Waals surface area contributed by atoms with Crippen molar-refractivity contribution >= 4 is 37.3 Å². The molecule has 0 bridgehead atoms. The van der Waals surface area contributed by atoms with Crippen LogP contribution >= 0.6 is 11.3 Å². The van der Waals surface area contributed by atoms with Crippen LogP contribution in [-0.4, -0.2) is 43.6 Å². The first kappa shape index (κ1) is 18.1. The maximum absolute atomic E-state index is 12.7. The van der Waals surface area contributed by atoms with Gasteiger partial charge in [0, 0.05) is 30.8 Å². The average molecular weight is 401 g/mol. The van der Waals surface area contributed by atoms with Gasteiger partial charge in [0.25, 0.3) is 5.91 Å². The summed E-state index contributed by atoms with van der Waals surface area (Å²) in [5, 5.41) is 1.15. The van der Waals surface area contributed by atoms with Crippen LogP contribution < -0.4 is 0 Å². The van der Waals surface area contributed by atoms with Crippen LogP contribution in [0.2, 0.25) is 0 Å². The first-order valence-corrected chi connectivity index (χ1v) is 11.6. The summed E-state index contributed by atoms with van der Waals surface area (Å²) in [6.07, 6.45) is 2.95. The number of likely N-dealkylation sites (tertiary alicyclic amines) is 1.